The molecule has 0 spiro atoms. The Bertz CT molecular complexity index is 637. The number of benzene rings is 1. The number of carbonyl (C=O) groups is 2. The largest absolute Gasteiger partial charge is 1.00 e. The molecule has 2 rings (SSSR count). The first-order valence-corrected chi connectivity index (χ1v) is 6.94. The fourth-order valence-corrected chi connectivity index (χ4v) is 2.45. The van der Waals surface area contributed by atoms with Gasteiger partial charge in [0.15, 0.2) is 0 Å². The van der Waals surface area contributed by atoms with Gasteiger partial charge in [-0.25, -0.2) is 0 Å². The summed E-state index contributed by atoms with van der Waals surface area (Å²) in [4.78, 5) is 22.4. The molecule has 7 nitrogen and oxygen atoms in total. The molecule has 20 heavy (non-hydrogen) atoms. The Morgan fingerprint density at radius 3 is 2.60 bits per heavy atom. The molecular weight excluding hydrogens is 295 g/mol. The molecule has 0 bridgehead atoms. The summed E-state index contributed by atoms with van der Waals surface area (Å²) in [6.45, 7) is 0.366. The van der Waals surface area contributed by atoms with Gasteiger partial charge in [-0.15, -0.1) is 0 Å². The van der Waals surface area contributed by atoms with Gasteiger partial charge in [-0.1, -0.05) is 18.2 Å². The fraction of sp³-hybridized carbons (Fsp3) is 0.273. The number of rotatable bonds is 4. The normalized spacial score (nSPS) is 17.4. The van der Waals surface area contributed by atoms with Crippen LogP contribution in [-0.4, -0.2) is 37.4 Å². The Kier molecular flexibility index (Phi) is 5.72. The van der Waals surface area contributed by atoms with Crippen molar-refractivity contribution in [3.8, 4) is 0 Å². The molecule has 1 aromatic carbocycles. The Labute approximate surface area is 139 Å². The molecule has 1 heterocycles. The summed E-state index contributed by atoms with van der Waals surface area (Å²) in [6.07, 6.45) is -0.222. The molecule has 0 saturated carbocycles. The molecule has 1 unspecified atom stereocenters. The smallest absolute Gasteiger partial charge is 1.00 e. The van der Waals surface area contributed by atoms with Crippen LogP contribution >= 0.6 is 0 Å². The Hall–Kier alpha value is -0.930. The van der Waals surface area contributed by atoms with E-state index >= 15 is 0 Å². The summed E-state index contributed by atoms with van der Waals surface area (Å²) in [5, 5.41) is 4.94. The second-order valence-electron chi connectivity index (χ2n) is 4.12. The van der Waals surface area contributed by atoms with Crippen molar-refractivity contribution in [2.75, 3.05) is 6.54 Å². The van der Waals surface area contributed by atoms with Gasteiger partial charge < -0.3 is 12.1 Å². The Balaban J connectivity index is 0.00000200. The van der Waals surface area contributed by atoms with Crippen molar-refractivity contribution >= 4 is 21.9 Å². The minimum absolute atomic E-state index is 0. The average molecular weight is 308 g/mol. The van der Waals surface area contributed by atoms with Gasteiger partial charge >= 0.3 is 29.6 Å². The second-order valence-corrected chi connectivity index (χ2v) is 5.51. The van der Waals surface area contributed by atoms with Crippen LogP contribution in [0.25, 0.3) is 0 Å². The number of amides is 2. The summed E-state index contributed by atoms with van der Waals surface area (Å²) in [6, 6.07) is 5.10. The van der Waals surface area contributed by atoms with Crippen LogP contribution in [0.5, 0.6) is 0 Å². The number of nitrogens with one attached hydrogen (secondary N) is 2. The van der Waals surface area contributed by atoms with E-state index in [1.54, 1.807) is 6.07 Å². The molecule has 1 fully saturated rings. The zero-order valence-electron chi connectivity index (χ0n) is 11.8. The summed E-state index contributed by atoms with van der Waals surface area (Å²) in [7, 11) is -4.37. The van der Waals surface area contributed by atoms with E-state index in [4.69, 9.17) is 4.55 Å². The van der Waals surface area contributed by atoms with Gasteiger partial charge in [0.1, 0.15) is 6.04 Å². The van der Waals surface area contributed by atoms with Crippen molar-refractivity contribution in [2.45, 2.75) is 17.4 Å². The van der Waals surface area contributed by atoms with Crippen LogP contribution in [0.2, 0.25) is 0 Å². The molecule has 0 aliphatic carbocycles. The van der Waals surface area contributed by atoms with Gasteiger partial charge in [-0.2, -0.15) is 8.42 Å². The van der Waals surface area contributed by atoms with E-state index in [1.165, 1.54) is 18.2 Å². The van der Waals surface area contributed by atoms with Crippen molar-refractivity contribution in [1.29, 1.82) is 0 Å². The van der Waals surface area contributed by atoms with Crippen LogP contribution < -0.4 is 40.2 Å². The molecule has 104 valence electrons. The maximum Gasteiger partial charge on any atom is 1.00 e. The van der Waals surface area contributed by atoms with E-state index in [0.29, 0.717) is 6.54 Å². The molecule has 2 amide bonds. The number of carbonyl (C=O) groups excluding carboxylic acids is 2. The van der Waals surface area contributed by atoms with Crippen molar-refractivity contribution in [2.24, 2.45) is 0 Å². The predicted octanol–water partition coefficient (Wildman–Crippen LogP) is -3.79. The van der Waals surface area contributed by atoms with E-state index < -0.39 is 22.1 Å². The predicted molar refractivity (Wildman–Crippen MR) is 66.0 cm³/mol. The molecular formula is C11H13N2NaO5S. The van der Waals surface area contributed by atoms with Crippen LogP contribution in [-0.2, 0) is 26.1 Å². The Morgan fingerprint density at radius 1 is 1.45 bits per heavy atom. The summed E-state index contributed by atoms with van der Waals surface area (Å²) < 4.78 is 31.3. The number of hydrogen-bond acceptors (Lipinski definition) is 4. The molecule has 1 aliphatic rings. The minimum Gasteiger partial charge on any atom is -1.00 e. The van der Waals surface area contributed by atoms with Crippen LogP contribution in [0.15, 0.2) is 29.2 Å². The quantitative estimate of drug-likeness (QED) is 0.300. The third-order valence-corrected chi connectivity index (χ3v) is 3.69. The van der Waals surface area contributed by atoms with Crippen molar-refractivity contribution in [3.63, 3.8) is 0 Å². The minimum atomic E-state index is -4.37. The van der Waals surface area contributed by atoms with E-state index in [0.717, 1.165) is 0 Å². The molecule has 3 N–H and O–H groups in total. The molecule has 1 aromatic rings. The van der Waals surface area contributed by atoms with E-state index in [2.05, 4.69) is 10.6 Å². The maximum atomic E-state index is 11.7. The van der Waals surface area contributed by atoms with Crippen molar-refractivity contribution in [3.05, 3.63) is 29.8 Å². The standard InChI is InChI=1S/C11H12N2O5S.Na.H/c14-10(13-8-6-12-11(8)15)5-7-3-1-2-4-9(7)19(16,17)18;;/h1-4,8H,5-6H2,(H,12,15)(H,13,14)(H,16,17,18);;/q;+1;-1. The first-order chi connectivity index (χ1) is 8.88. The summed E-state index contributed by atoms with van der Waals surface area (Å²) in [5.74, 6) is -0.743. The molecule has 0 radical (unpaired) electrons. The fourth-order valence-electron chi connectivity index (χ4n) is 1.72. The van der Waals surface area contributed by atoms with Crippen LogP contribution in [0.1, 0.15) is 6.99 Å². The summed E-state index contributed by atoms with van der Waals surface area (Å²) in [5.41, 5.74) is 0.183. The van der Waals surface area contributed by atoms with Crippen LogP contribution in [0.4, 0.5) is 0 Å². The van der Waals surface area contributed by atoms with Crippen LogP contribution in [0, 0.1) is 0 Å². The zero-order chi connectivity index (χ0) is 14.0. The number of hydrogen-bond donors (Lipinski definition) is 3. The van der Waals surface area contributed by atoms with E-state index in [9.17, 15) is 18.0 Å². The van der Waals surface area contributed by atoms with Gasteiger partial charge in [-0.3, -0.25) is 14.1 Å². The van der Waals surface area contributed by atoms with Crippen molar-refractivity contribution in [1.82, 2.24) is 10.6 Å². The third-order valence-electron chi connectivity index (χ3n) is 2.73. The van der Waals surface area contributed by atoms with Gasteiger partial charge in [-0.05, 0) is 11.6 Å². The van der Waals surface area contributed by atoms with Gasteiger partial charge in [0, 0.05) is 6.54 Å². The van der Waals surface area contributed by atoms with E-state index in [1.807, 2.05) is 0 Å². The second kappa shape index (κ2) is 6.68. The Morgan fingerprint density at radius 2 is 2.10 bits per heavy atom. The third kappa shape index (κ3) is 4.03. The molecule has 9 heteroatoms. The van der Waals surface area contributed by atoms with Crippen molar-refractivity contribution < 1.29 is 53.5 Å². The van der Waals surface area contributed by atoms with Gasteiger partial charge in [0.25, 0.3) is 10.1 Å². The molecule has 1 aliphatic heterocycles. The summed E-state index contributed by atoms with van der Waals surface area (Å²) >= 11 is 0. The average Bonchev–Trinajstić information content (AvgIpc) is 2.33. The maximum absolute atomic E-state index is 11.7. The van der Waals surface area contributed by atoms with Gasteiger partial charge in [0.05, 0.1) is 11.3 Å². The molecule has 1 saturated heterocycles. The monoisotopic (exact) mass is 308 g/mol. The zero-order valence-corrected chi connectivity index (χ0v) is 13.6. The first kappa shape index (κ1) is 17.1. The topological polar surface area (TPSA) is 113 Å². The van der Waals surface area contributed by atoms with Gasteiger partial charge in [0.2, 0.25) is 11.8 Å². The first-order valence-electron chi connectivity index (χ1n) is 5.50. The number of β-lactam (4-membered cyclic amide) rings is 1. The molecule has 1 atom stereocenters. The van der Waals surface area contributed by atoms with Crippen LogP contribution in [0.3, 0.4) is 0 Å². The van der Waals surface area contributed by atoms with E-state index in [-0.39, 0.29) is 53.8 Å². The molecule has 0 aromatic heterocycles. The SMILES string of the molecule is O=C(Cc1ccccc1S(=O)(=O)O)NC1CNC1=O.[H-].[Na+].